The fourth-order valence-corrected chi connectivity index (χ4v) is 3.56. The molecule has 2 aromatic carbocycles. The Morgan fingerprint density at radius 3 is 2.42 bits per heavy atom. The van der Waals surface area contributed by atoms with Crippen molar-refractivity contribution in [2.24, 2.45) is 0 Å². The lowest BCUT2D eigenvalue weighted by atomic mass is 10.1. The first-order chi connectivity index (χ1) is 15.3. The van der Waals surface area contributed by atoms with Crippen molar-refractivity contribution in [1.82, 2.24) is 24.5 Å². The van der Waals surface area contributed by atoms with Gasteiger partial charge in [0.2, 0.25) is 0 Å². The number of pyridine rings is 1. The van der Waals surface area contributed by atoms with Crippen molar-refractivity contribution in [3.05, 3.63) is 109 Å². The van der Waals surface area contributed by atoms with Crippen LogP contribution in [0.25, 0.3) is 22.6 Å². The van der Waals surface area contributed by atoms with Crippen LogP contribution in [0, 0.1) is 0 Å². The molecule has 0 spiro atoms. The maximum absolute atomic E-state index is 13.0. The van der Waals surface area contributed by atoms with Crippen molar-refractivity contribution in [2.45, 2.75) is 6.42 Å². The van der Waals surface area contributed by atoms with Gasteiger partial charge < -0.3 is 9.72 Å². The number of benzene rings is 2. The molecule has 0 fully saturated rings. The lowest BCUT2D eigenvalue weighted by molar-refractivity contribution is 0.0946. The van der Waals surface area contributed by atoms with Crippen LogP contribution in [-0.4, -0.2) is 31.6 Å². The second kappa shape index (κ2) is 8.28. The summed E-state index contributed by atoms with van der Waals surface area (Å²) in [6, 6.07) is 27.3. The fraction of sp³-hybridized carbons (Fsp3) is 0.0800. The van der Waals surface area contributed by atoms with Gasteiger partial charge in [-0.3, -0.25) is 4.79 Å². The van der Waals surface area contributed by atoms with Gasteiger partial charge in [-0.1, -0.05) is 54.6 Å². The van der Waals surface area contributed by atoms with E-state index >= 15 is 0 Å². The summed E-state index contributed by atoms with van der Waals surface area (Å²) in [6.07, 6.45) is 4.61. The Hall–Kier alpha value is -4.19. The van der Waals surface area contributed by atoms with Gasteiger partial charge in [0, 0.05) is 30.9 Å². The van der Waals surface area contributed by atoms with Crippen molar-refractivity contribution >= 4 is 11.6 Å². The summed E-state index contributed by atoms with van der Waals surface area (Å²) in [6.45, 7) is 0.489. The summed E-state index contributed by atoms with van der Waals surface area (Å²) in [4.78, 5) is 17.6. The number of imidazole rings is 1. The molecule has 1 N–H and O–H groups in total. The molecule has 3 heterocycles. The molecule has 6 heteroatoms. The molecule has 5 rings (SSSR count). The van der Waals surface area contributed by atoms with Crippen LogP contribution >= 0.6 is 0 Å². The molecule has 0 atom stereocenters. The maximum atomic E-state index is 13.0. The molecular formula is C25H21N5O. The number of nitrogens with zero attached hydrogens (tertiary/aromatic N) is 4. The minimum atomic E-state index is -0.165. The number of fused-ring (bicyclic) bond motifs is 1. The van der Waals surface area contributed by atoms with Crippen molar-refractivity contribution in [2.75, 3.05) is 6.54 Å². The van der Waals surface area contributed by atoms with Crippen LogP contribution in [-0.2, 0) is 6.42 Å². The first-order valence-corrected chi connectivity index (χ1v) is 10.2. The average molecular weight is 407 g/mol. The number of hydrogen-bond donors (Lipinski definition) is 1. The zero-order valence-corrected chi connectivity index (χ0v) is 16.8. The molecule has 0 aliphatic rings. The summed E-state index contributed by atoms with van der Waals surface area (Å²) >= 11 is 0. The van der Waals surface area contributed by atoms with E-state index in [9.17, 15) is 4.79 Å². The SMILES string of the molecule is O=C(NCCc1cn2ccccc2n1)c1cc(-c2ccccc2)nn1-c1ccccc1. The second-order valence-corrected chi connectivity index (χ2v) is 7.23. The second-order valence-electron chi connectivity index (χ2n) is 7.23. The van der Waals surface area contributed by atoms with Gasteiger partial charge in [-0.2, -0.15) is 5.10 Å². The molecular weight excluding hydrogens is 386 g/mol. The van der Waals surface area contributed by atoms with E-state index in [-0.39, 0.29) is 5.91 Å². The van der Waals surface area contributed by atoms with Crippen LogP contribution in [0.1, 0.15) is 16.2 Å². The largest absolute Gasteiger partial charge is 0.350 e. The highest BCUT2D eigenvalue weighted by molar-refractivity contribution is 5.94. The fourth-order valence-electron chi connectivity index (χ4n) is 3.56. The lowest BCUT2D eigenvalue weighted by Crippen LogP contribution is -2.27. The number of aromatic nitrogens is 4. The summed E-state index contributed by atoms with van der Waals surface area (Å²) in [7, 11) is 0. The van der Waals surface area contributed by atoms with Crippen LogP contribution < -0.4 is 5.32 Å². The molecule has 0 aliphatic carbocycles. The summed E-state index contributed by atoms with van der Waals surface area (Å²) in [5.41, 5.74) is 4.91. The standard InChI is InChI=1S/C25H21N5O/c31-25(26-15-14-20-18-29-16-8-7-13-24(29)27-20)23-17-22(19-9-3-1-4-10-19)28-30(23)21-11-5-2-6-12-21/h1-13,16-18H,14-15H2,(H,26,31). The normalized spacial score (nSPS) is 11.0. The third-order valence-corrected chi connectivity index (χ3v) is 5.09. The highest BCUT2D eigenvalue weighted by Crippen LogP contribution is 2.21. The third kappa shape index (κ3) is 3.96. The zero-order valence-electron chi connectivity index (χ0n) is 16.8. The van der Waals surface area contributed by atoms with Crippen LogP contribution in [0.15, 0.2) is 97.3 Å². The molecule has 3 aromatic heterocycles. The molecule has 1 amide bonds. The smallest absolute Gasteiger partial charge is 0.270 e. The van der Waals surface area contributed by atoms with Crippen molar-refractivity contribution in [1.29, 1.82) is 0 Å². The molecule has 0 unspecified atom stereocenters. The van der Waals surface area contributed by atoms with Crippen molar-refractivity contribution < 1.29 is 4.79 Å². The maximum Gasteiger partial charge on any atom is 0.270 e. The van der Waals surface area contributed by atoms with Gasteiger partial charge in [0.25, 0.3) is 5.91 Å². The average Bonchev–Trinajstić information content (AvgIpc) is 3.45. The minimum Gasteiger partial charge on any atom is -0.350 e. The summed E-state index contributed by atoms with van der Waals surface area (Å²) in [5.74, 6) is -0.165. The van der Waals surface area contributed by atoms with E-state index in [2.05, 4.69) is 10.3 Å². The number of carbonyl (C=O) groups is 1. The van der Waals surface area contributed by atoms with E-state index in [1.54, 1.807) is 4.68 Å². The Morgan fingerprint density at radius 1 is 0.903 bits per heavy atom. The lowest BCUT2D eigenvalue weighted by Gasteiger charge is -2.07. The predicted molar refractivity (Wildman–Crippen MR) is 120 cm³/mol. The molecule has 0 aliphatic heterocycles. The molecule has 0 saturated heterocycles. The van der Waals surface area contributed by atoms with Gasteiger partial charge in [-0.05, 0) is 30.3 Å². The van der Waals surface area contributed by atoms with E-state index in [0.717, 1.165) is 28.3 Å². The highest BCUT2D eigenvalue weighted by atomic mass is 16.2. The minimum absolute atomic E-state index is 0.165. The first-order valence-electron chi connectivity index (χ1n) is 10.2. The number of rotatable bonds is 6. The third-order valence-electron chi connectivity index (χ3n) is 5.09. The Morgan fingerprint density at radius 2 is 1.65 bits per heavy atom. The van der Waals surface area contributed by atoms with Gasteiger partial charge in [0.15, 0.2) is 0 Å². The molecule has 152 valence electrons. The first kappa shape index (κ1) is 18.8. The van der Waals surface area contributed by atoms with Crippen molar-refractivity contribution in [3.8, 4) is 16.9 Å². The summed E-state index contributed by atoms with van der Waals surface area (Å²) < 4.78 is 3.68. The number of amides is 1. The van der Waals surface area contributed by atoms with E-state index < -0.39 is 0 Å². The Balaban J connectivity index is 1.37. The Kier molecular flexibility index (Phi) is 5.02. The van der Waals surface area contributed by atoms with Crippen LogP contribution in [0.5, 0.6) is 0 Å². The van der Waals surface area contributed by atoms with Crippen molar-refractivity contribution in [3.63, 3.8) is 0 Å². The molecule has 6 nitrogen and oxygen atoms in total. The predicted octanol–water partition coefficient (Wildman–Crippen LogP) is 4.16. The number of nitrogens with one attached hydrogen (secondary N) is 1. The quantitative estimate of drug-likeness (QED) is 0.460. The Labute approximate surface area is 179 Å². The van der Waals surface area contributed by atoms with Gasteiger partial charge in [-0.15, -0.1) is 0 Å². The molecule has 0 bridgehead atoms. The van der Waals surface area contributed by atoms with Gasteiger partial charge >= 0.3 is 0 Å². The van der Waals surface area contributed by atoms with Gasteiger partial charge in [0.1, 0.15) is 11.3 Å². The van der Waals surface area contributed by atoms with Crippen LogP contribution in [0.4, 0.5) is 0 Å². The van der Waals surface area contributed by atoms with Gasteiger partial charge in [0.05, 0.1) is 17.1 Å². The van der Waals surface area contributed by atoms with E-state index in [1.807, 2.05) is 102 Å². The van der Waals surface area contributed by atoms with Gasteiger partial charge in [-0.25, -0.2) is 9.67 Å². The number of hydrogen-bond acceptors (Lipinski definition) is 3. The topological polar surface area (TPSA) is 64.2 Å². The van der Waals surface area contributed by atoms with E-state index in [1.165, 1.54) is 0 Å². The number of para-hydroxylation sites is 1. The molecule has 31 heavy (non-hydrogen) atoms. The number of carbonyl (C=O) groups excluding carboxylic acids is 1. The van der Waals surface area contributed by atoms with E-state index in [4.69, 9.17) is 5.10 Å². The molecule has 0 radical (unpaired) electrons. The van der Waals surface area contributed by atoms with Crippen LogP contribution in [0.3, 0.4) is 0 Å². The molecule has 5 aromatic rings. The monoisotopic (exact) mass is 407 g/mol. The van der Waals surface area contributed by atoms with Crippen LogP contribution in [0.2, 0.25) is 0 Å². The highest BCUT2D eigenvalue weighted by Gasteiger charge is 2.17. The van der Waals surface area contributed by atoms with E-state index in [0.29, 0.717) is 18.7 Å². The summed E-state index contributed by atoms with van der Waals surface area (Å²) in [5, 5.41) is 7.72. The Bertz CT molecular complexity index is 1290. The molecule has 0 saturated carbocycles. The zero-order chi connectivity index (χ0) is 21.0.